The second-order valence-electron chi connectivity index (χ2n) is 5.16. The van der Waals surface area contributed by atoms with Gasteiger partial charge in [-0.25, -0.2) is 0 Å². The van der Waals surface area contributed by atoms with E-state index in [9.17, 15) is 0 Å². The first-order valence-electron chi connectivity index (χ1n) is 6.80. The van der Waals surface area contributed by atoms with Crippen molar-refractivity contribution < 1.29 is 0 Å². The molecule has 0 saturated carbocycles. The Kier molecular flexibility index (Phi) is 7.99. The lowest BCUT2D eigenvalue weighted by atomic mass is 10.0. The average molecular weight is 256 g/mol. The van der Waals surface area contributed by atoms with E-state index >= 15 is 0 Å². The molecule has 1 heterocycles. The maximum Gasteiger partial charge on any atom is 0.0165 e. The van der Waals surface area contributed by atoms with E-state index in [4.69, 9.17) is 0 Å². The first-order chi connectivity index (χ1) is 8.22. The van der Waals surface area contributed by atoms with Crippen molar-refractivity contribution in [2.24, 2.45) is 0 Å². The summed E-state index contributed by atoms with van der Waals surface area (Å²) in [5, 5.41) is 3.69. The van der Waals surface area contributed by atoms with Gasteiger partial charge in [0.05, 0.1) is 0 Å². The Labute approximate surface area is 111 Å². The van der Waals surface area contributed by atoms with Gasteiger partial charge in [0.1, 0.15) is 0 Å². The van der Waals surface area contributed by atoms with Crippen molar-refractivity contribution >= 4 is 11.8 Å². The predicted octanol–water partition coefficient (Wildman–Crippen LogP) is 2.76. The summed E-state index contributed by atoms with van der Waals surface area (Å²) in [6.45, 7) is 9.20. The molecule has 3 heteroatoms. The highest BCUT2D eigenvalue weighted by Crippen LogP contribution is 2.10. The molecule has 0 bridgehead atoms. The van der Waals surface area contributed by atoms with Gasteiger partial charge in [0.15, 0.2) is 0 Å². The number of allylic oxidation sites excluding steroid dienone is 1. The predicted molar refractivity (Wildman–Crippen MR) is 79.9 cm³/mol. The highest BCUT2D eigenvalue weighted by Gasteiger charge is 2.17. The van der Waals surface area contributed by atoms with Crippen molar-refractivity contribution in [3.05, 3.63) is 11.6 Å². The van der Waals surface area contributed by atoms with Crippen LogP contribution in [-0.2, 0) is 0 Å². The number of nitrogens with one attached hydrogen (secondary N) is 1. The zero-order chi connectivity index (χ0) is 12.5. The summed E-state index contributed by atoms with van der Waals surface area (Å²) in [5.74, 6) is 1.28. The lowest BCUT2D eigenvalue weighted by Crippen LogP contribution is -2.42. The van der Waals surface area contributed by atoms with Gasteiger partial charge in [-0.15, -0.1) is 0 Å². The average Bonchev–Trinajstić information content (AvgIpc) is 2.33. The monoisotopic (exact) mass is 256 g/mol. The molecule has 0 aromatic carbocycles. The molecule has 0 radical (unpaired) electrons. The third-order valence-corrected chi connectivity index (χ3v) is 4.00. The molecule has 0 spiro atoms. The van der Waals surface area contributed by atoms with Gasteiger partial charge in [-0.3, -0.25) is 4.90 Å². The molecule has 0 unspecified atom stereocenters. The van der Waals surface area contributed by atoms with Crippen LogP contribution >= 0.6 is 11.8 Å². The maximum atomic E-state index is 3.69. The van der Waals surface area contributed by atoms with E-state index in [2.05, 4.69) is 36.4 Å². The fourth-order valence-corrected chi connectivity index (χ4v) is 2.59. The molecule has 1 N–H and O–H groups in total. The Morgan fingerprint density at radius 2 is 2.06 bits per heavy atom. The zero-order valence-corrected chi connectivity index (χ0v) is 12.5. The fraction of sp³-hybridized carbons (Fsp3) is 0.857. The summed E-state index contributed by atoms with van der Waals surface area (Å²) in [5.41, 5.74) is 1.43. The van der Waals surface area contributed by atoms with Crippen LogP contribution in [-0.4, -0.2) is 49.1 Å². The number of rotatable bonds is 7. The molecule has 17 heavy (non-hydrogen) atoms. The molecule has 0 aliphatic carbocycles. The summed E-state index contributed by atoms with van der Waals surface area (Å²) >= 11 is 1.94. The van der Waals surface area contributed by atoms with E-state index in [-0.39, 0.29) is 0 Å². The topological polar surface area (TPSA) is 15.3 Å². The molecule has 100 valence electrons. The van der Waals surface area contributed by atoms with E-state index in [1.165, 1.54) is 50.2 Å². The number of nitrogens with zero attached hydrogens (tertiary/aromatic N) is 1. The van der Waals surface area contributed by atoms with Gasteiger partial charge in [-0.05, 0) is 64.8 Å². The first-order valence-corrected chi connectivity index (χ1v) is 8.20. The van der Waals surface area contributed by atoms with E-state index in [0.717, 1.165) is 12.6 Å². The molecule has 0 aromatic heterocycles. The van der Waals surface area contributed by atoms with Crippen molar-refractivity contribution in [2.45, 2.75) is 39.2 Å². The second-order valence-corrected chi connectivity index (χ2v) is 6.14. The molecular formula is C14H28N2S. The molecule has 2 nitrogen and oxygen atoms in total. The minimum atomic E-state index is 0.764. The smallest absolute Gasteiger partial charge is 0.0165 e. The summed E-state index contributed by atoms with van der Waals surface area (Å²) in [6.07, 6.45) is 8.46. The Morgan fingerprint density at radius 3 is 2.65 bits per heavy atom. The molecule has 1 rings (SSSR count). The van der Waals surface area contributed by atoms with Crippen LogP contribution in [0.3, 0.4) is 0 Å². The van der Waals surface area contributed by atoms with Crippen molar-refractivity contribution in [1.82, 2.24) is 10.2 Å². The lowest BCUT2D eigenvalue weighted by molar-refractivity contribution is 0.215. The van der Waals surface area contributed by atoms with Crippen molar-refractivity contribution in [2.75, 3.05) is 38.2 Å². The van der Waals surface area contributed by atoms with Gasteiger partial charge in [-0.2, -0.15) is 11.8 Å². The molecule has 1 aliphatic heterocycles. The number of hydrogen-bond acceptors (Lipinski definition) is 3. The Morgan fingerprint density at radius 1 is 1.35 bits per heavy atom. The summed E-state index contributed by atoms with van der Waals surface area (Å²) in [7, 11) is 0. The van der Waals surface area contributed by atoms with Crippen LogP contribution in [0.2, 0.25) is 0 Å². The van der Waals surface area contributed by atoms with Crippen LogP contribution in [0.15, 0.2) is 11.6 Å². The van der Waals surface area contributed by atoms with Crippen LogP contribution in [0.4, 0.5) is 0 Å². The standard InChI is InChI=1S/C14H28N2S/c1-13(2)5-9-16-10-6-14(7-11-16)15-8-4-12-17-3/h5,14-15H,4,6-12H2,1-3H3. The molecular weight excluding hydrogens is 228 g/mol. The first kappa shape index (κ1) is 15.1. The van der Waals surface area contributed by atoms with Crippen LogP contribution in [0, 0.1) is 0 Å². The minimum absolute atomic E-state index is 0.764. The van der Waals surface area contributed by atoms with Gasteiger partial charge in [0, 0.05) is 12.6 Å². The zero-order valence-electron chi connectivity index (χ0n) is 11.7. The molecule has 1 saturated heterocycles. The second kappa shape index (κ2) is 9.01. The molecule has 1 fully saturated rings. The summed E-state index contributed by atoms with van der Waals surface area (Å²) < 4.78 is 0. The molecule has 1 aliphatic rings. The van der Waals surface area contributed by atoms with Crippen molar-refractivity contribution in [1.29, 1.82) is 0 Å². The number of hydrogen-bond donors (Lipinski definition) is 1. The molecule has 0 amide bonds. The largest absolute Gasteiger partial charge is 0.314 e. The number of likely N-dealkylation sites (tertiary alicyclic amines) is 1. The lowest BCUT2D eigenvalue weighted by Gasteiger charge is -2.31. The summed E-state index contributed by atoms with van der Waals surface area (Å²) in [4.78, 5) is 2.56. The Balaban J connectivity index is 2.07. The van der Waals surface area contributed by atoms with Gasteiger partial charge in [0.2, 0.25) is 0 Å². The third kappa shape index (κ3) is 7.12. The van der Waals surface area contributed by atoms with Gasteiger partial charge in [-0.1, -0.05) is 11.6 Å². The van der Waals surface area contributed by atoms with E-state index in [1.807, 2.05) is 11.8 Å². The Bertz CT molecular complexity index is 216. The van der Waals surface area contributed by atoms with E-state index in [1.54, 1.807) is 0 Å². The van der Waals surface area contributed by atoms with E-state index in [0.29, 0.717) is 0 Å². The van der Waals surface area contributed by atoms with Crippen LogP contribution < -0.4 is 5.32 Å². The van der Waals surface area contributed by atoms with Gasteiger partial charge >= 0.3 is 0 Å². The highest BCUT2D eigenvalue weighted by molar-refractivity contribution is 7.98. The van der Waals surface area contributed by atoms with Gasteiger partial charge in [0.25, 0.3) is 0 Å². The number of piperidine rings is 1. The minimum Gasteiger partial charge on any atom is -0.314 e. The fourth-order valence-electron chi connectivity index (χ4n) is 2.15. The van der Waals surface area contributed by atoms with Crippen molar-refractivity contribution in [3.63, 3.8) is 0 Å². The van der Waals surface area contributed by atoms with Crippen LogP contribution in [0.1, 0.15) is 33.1 Å². The van der Waals surface area contributed by atoms with Gasteiger partial charge < -0.3 is 5.32 Å². The normalized spacial score (nSPS) is 18.3. The molecule has 0 atom stereocenters. The maximum absolute atomic E-state index is 3.69. The SMILES string of the molecule is CSCCCNC1CCN(CC=C(C)C)CC1. The Hall–Kier alpha value is 0.0100. The third-order valence-electron chi connectivity index (χ3n) is 3.30. The summed E-state index contributed by atoms with van der Waals surface area (Å²) in [6, 6.07) is 0.764. The van der Waals surface area contributed by atoms with Crippen molar-refractivity contribution in [3.8, 4) is 0 Å². The van der Waals surface area contributed by atoms with E-state index < -0.39 is 0 Å². The molecule has 0 aromatic rings. The van der Waals surface area contributed by atoms with Crippen LogP contribution in [0.5, 0.6) is 0 Å². The highest BCUT2D eigenvalue weighted by atomic mass is 32.2. The number of thioether (sulfide) groups is 1. The quantitative estimate of drug-likeness (QED) is 0.557. The van der Waals surface area contributed by atoms with Crippen LogP contribution in [0.25, 0.3) is 0 Å².